The van der Waals surface area contributed by atoms with E-state index in [4.69, 9.17) is 0 Å². The van der Waals surface area contributed by atoms with E-state index in [-0.39, 0.29) is 30.6 Å². The molecule has 0 unspecified atom stereocenters. The van der Waals surface area contributed by atoms with Crippen LogP contribution in [-0.2, 0) is 30.4 Å². The van der Waals surface area contributed by atoms with E-state index in [1.165, 1.54) is 6.08 Å². The number of rotatable bonds is 14. The molecule has 224 valence electrons. The summed E-state index contributed by atoms with van der Waals surface area (Å²) in [4.78, 5) is 63.8. The average Bonchev–Trinajstić information content (AvgIpc) is 2.96. The Morgan fingerprint density at radius 3 is 2.40 bits per heavy atom. The van der Waals surface area contributed by atoms with Crippen LogP contribution in [0.15, 0.2) is 65.1 Å². The van der Waals surface area contributed by atoms with Crippen LogP contribution in [0.5, 0.6) is 0 Å². The predicted molar refractivity (Wildman–Crippen MR) is 165 cm³/mol. The van der Waals surface area contributed by atoms with E-state index in [1.54, 1.807) is 6.08 Å². The van der Waals surface area contributed by atoms with Gasteiger partial charge in [0.25, 0.3) is 0 Å². The molecule has 1 aliphatic rings. The Hall–Kier alpha value is -3.79. The molecule has 1 heterocycles. The highest BCUT2D eigenvalue weighted by Gasteiger charge is 2.31. The Kier molecular flexibility index (Phi) is 12.9. The molecule has 2 aromatic rings. The molecule has 0 bridgehead atoms. The maximum atomic E-state index is 13.6. The second-order valence-corrected chi connectivity index (χ2v) is 11.9. The molecule has 4 N–H and O–H groups in total. The molecule has 1 fully saturated rings. The normalized spacial score (nSPS) is 17.1. The van der Waals surface area contributed by atoms with Crippen LogP contribution in [0, 0.1) is 11.8 Å². The van der Waals surface area contributed by atoms with E-state index in [9.17, 15) is 24.0 Å². The van der Waals surface area contributed by atoms with Crippen LogP contribution in [0.25, 0.3) is 6.08 Å². The van der Waals surface area contributed by atoms with Gasteiger partial charge in [-0.1, -0.05) is 72.2 Å². The van der Waals surface area contributed by atoms with Crippen molar-refractivity contribution in [1.82, 2.24) is 21.3 Å². The maximum Gasteiger partial charge on any atom is 0.244 e. The van der Waals surface area contributed by atoms with E-state index in [0.717, 1.165) is 22.0 Å². The first kappa shape index (κ1) is 32.7. The van der Waals surface area contributed by atoms with E-state index >= 15 is 0 Å². The monoisotopic (exact) mass is 638 g/mol. The summed E-state index contributed by atoms with van der Waals surface area (Å²) in [6, 6.07) is 14.0. The molecule has 0 aliphatic carbocycles. The van der Waals surface area contributed by atoms with Gasteiger partial charge in [-0.3, -0.25) is 19.2 Å². The Morgan fingerprint density at radius 1 is 1.00 bits per heavy atom. The van der Waals surface area contributed by atoms with Gasteiger partial charge in [-0.05, 0) is 60.9 Å². The number of carbonyl (C=O) groups excluding carboxylic acids is 5. The maximum absolute atomic E-state index is 13.6. The Labute approximate surface area is 255 Å². The fourth-order valence-electron chi connectivity index (χ4n) is 4.84. The molecule has 10 heteroatoms. The predicted octanol–water partition coefficient (Wildman–Crippen LogP) is 3.32. The van der Waals surface area contributed by atoms with Crippen molar-refractivity contribution < 1.29 is 24.0 Å². The summed E-state index contributed by atoms with van der Waals surface area (Å²) in [6.45, 7) is 4.45. The summed E-state index contributed by atoms with van der Waals surface area (Å²) in [6.07, 6.45) is 5.82. The average molecular weight is 640 g/mol. The second-order valence-electron chi connectivity index (χ2n) is 10.9. The Bertz CT molecular complexity index is 1270. The molecule has 3 rings (SSSR count). The molecule has 4 atom stereocenters. The number of piperidine rings is 1. The van der Waals surface area contributed by atoms with Gasteiger partial charge in [0.05, 0.1) is 6.04 Å². The minimum atomic E-state index is -0.970. The van der Waals surface area contributed by atoms with E-state index in [0.29, 0.717) is 25.7 Å². The highest BCUT2D eigenvalue weighted by atomic mass is 79.9. The first-order valence-corrected chi connectivity index (χ1v) is 15.1. The fraction of sp³-hybridized carbons (Fsp3) is 0.406. The lowest BCUT2D eigenvalue weighted by atomic mass is 9.91. The van der Waals surface area contributed by atoms with Crippen LogP contribution in [0.1, 0.15) is 50.7 Å². The topological polar surface area (TPSA) is 133 Å². The molecule has 42 heavy (non-hydrogen) atoms. The zero-order valence-corrected chi connectivity index (χ0v) is 25.6. The highest BCUT2D eigenvalue weighted by Crippen LogP contribution is 2.18. The number of halogens is 1. The third-order valence-corrected chi connectivity index (χ3v) is 7.45. The van der Waals surface area contributed by atoms with Crippen molar-refractivity contribution in [1.29, 1.82) is 0 Å². The number of hydrogen-bond acceptors (Lipinski definition) is 5. The van der Waals surface area contributed by atoms with E-state index in [1.807, 2.05) is 68.4 Å². The largest absolute Gasteiger partial charge is 0.356 e. The van der Waals surface area contributed by atoms with Crippen molar-refractivity contribution in [2.24, 2.45) is 11.8 Å². The van der Waals surface area contributed by atoms with Gasteiger partial charge in [0.15, 0.2) is 0 Å². The van der Waals surface area contributed by atoms with Gasteiger partial charge in [0.1, 0.15) is 18.4 Å². The number of benzene rings is 2. The molecule has 0 aromatic heterocycles. The van der Waals surface area contributed by atoms with Crippen molar-refractivity contribution in [3.63, 3.8) is 0 Å². The van der Waals surface area contributed by atoms with Crippen molar-refractivity contribution >= 4 is 51.9 Å². The van der Waals surface area contributed by atoms with Gasteiger partial charge in [-0.15, -0.1) is 0 Å². The number of nitrogens with one attached hydrogen (secondary N) is 4. The zero-order valence-electron chi connectivity index (χ0n) is 24.0. The molecule has 1 saturated heterocycles. The van der Waals surface area contributed by atoms with Gasteiger partial charge in [0.2, 0.25) is 23.6 Å². The molecule has 2 aromatic carbocycles. The lowest BCUT2D eigenvalue weighted by Gasteiger charge is -2.27. The van der Waals surface area contributed by atoms with Crippen molar-refractivity contribution in [3.8, 4) is 0 Å². The van der Waals surface area contributed by atoms with Gasteiger partial charge in [-0.25, -0.2) is 0 Å². The van der Waals surface area contributed by atoms with Crippen LogP contribution in [0.4, 0.5) is 0 Å². The third-order valence-electron chi connectivity index (χ3n) is 6.96. The lowest BCUT2D eigenvalue weighted by molar-refractivity contribution is -0.133. The standard InChI is InChI=1S/C32H39BrN4O5/c1-21(2)16-27(31(41)35-26(20-38)19-24-11-7-15-34-30(24)40)37-32(42)28(18-23-10-6-12-25(33)17-23)36-29(39)14-13-22-8-4-3-5-9-22/h3-6,8-10,12-14,17,20-21,24,26-28H,7,11,15-16,18-19H2,1-2H3,(H,34,40)(H,35,41)(H,36,39)(H,37,42)/t24-,26-,27-,28-/m0/s1. The number of carbonyl (C=O) groups is 5. The van der Waals surface area contributed by atoms with E-state index < -0.39 is 35.8 Å². The third kappa shape index (κ3) is 10.9. The van der Waals surface area contributed by atoms with Crippen molar-refractivity contribution in [3.05, 3.63) is 76.3 Å². The number of amides is 4. The fourth-order valence-corrected chi connectivity index (χ4v) is 5.29. The summed E-state index contributed by atoms with van der Waals surface area (Å²) in [5, 5.41) is 11.1. The Morgan fingerprint density at radius 2 is 1.74 bits per heavy atom. The number of aldehydes is 1. The summed E-state index contributed by atoms with van der Waals surface area (Å²) in [5.41, 5.74) is 1.65. The van der Waals surface area contributed by atoms with Crippen molar-refractivity contribution in [2.75, 3.05) is 6.54 Å². The highest BCUT2D eigenvalue weighted by molar-refractivity contribution is 9.10. The van der Waals surface area contributed by atoms with Gasteiger partial charge in [0, 0.05) is 29.4 Å². The minimum absolute atomic E-state index is 0.0479. The van der Waals surface area contributed by atoms with Gasteiger partial charge >= 0.3 is 0 Å². The summed E-state index contributed by atoms with van der Waals surface area (Å²) in [5.74, 6) is -1.92. The second kappa shape index (κ2) is 16.6. The molecule has 4 amide bonds. The SMILES string of the molecule is CC(C)C[C@H](NC(=O)[C@H](Cc1cccc(Br)c1)NC(=O)C=Cc1ccccc1)C(=O)N[C@H](C=O)C[C@@H]1CCCNC1=O. The first-order chi connectivity index (χ1) is 20.1. The lowest BCUT2D eigenvalue weighted by Crippen LogP contribution is -2.56. The molecular weight excluding hydrogens is 600 g/mol. The molecule has 0 spiro atoms. The van der Waals surface area contributed by atoms with Crippen LogP contribution >= 0.6 is 15.9 Å². The molecule has 0 saturated carbocycles. The Balaban J connectivity index is 1.74. The molecule has 9 nitrogen and oxygen atoms in total. The summed E-state index contributed by atoms with van der Waals surface area (Å²) in [7, 11) is 0. The minimum Gasteiger partial charge on any atom is -0.356 e. The van der Waals surface area contributed by atoms with E-state index in [2.05, 4.69) is 37.2 Å². The smallest absolute Gasteiger partial charge is 0.244 e. The number of hydrogen-bond donors (Lipinski definition) is 4. The summed E-state index contributed by atoms with van der Waals surface area (Å²) < 4.78 is 0.832. The van der Waals surface area contributed by atoms with Crippen LogP contribution < -0.4 is 21.3 Å². The quantitative estimate of drug-likeness (QED) is 0.186. The molecule has 0 radical (unpaired) electrons. The van der Waals surface area contributed by atoms with Gasteiger partial charge in [-0.2, -0.15) is 0 Å². The molecule has 1 aliphatic heterocycles. The molecular formula is C32H39BrN4O5. The van der Waals surface area contributed by atoms with Crippen LogP contribution in [-0.4, -0.2) is 54.6 Å². The first-order valence-electron chi connectivity index (χ1n) is 14.3. The van der Waals surface area contributed by atoms with Crippen LogP contribution in [0.3, 0.4) is 0 Å². The van der Waals surface area contributed by atoms with Crippen molar-refractivity contribution in [2.45, 2.75) is 64.1 Å². The summed E-state index contributed by atoms with van der Waals surface area (Å²) >= 11 is 3.44. The zero-order chi connectivity index (χ0) is 30.5. The van der Waals surface area contributed by atoms with Gasteiger partial charge < -0.3 is 26.1 Å². The van der Waals surface area contributed by atoms with Crippen LogP contribution in [0.2, 0.25) is 0 Å².